The van der Waals surface area contributed by atoms with Gasteiger partial charge in [-0.25, -0.2) is 17.9 Å². The van der Waals surface area contributed by atoms with Crippen LogP contribution in [0.1, 0.15) is 9.67 Å². The monoisotopic (exact) mass is 334 g/mol. The minimum atomic E-state index is -3.59. The van der Waals surface area contributed by atoms with Crippen LogP contribution in [0, 0.1) is 0 Å². The summed E-state index contributed by atoms with van der Waals surface area (Å²) in [5.74, 6) is -1.52. The van der Waals surface area contributed by atoms with E-state index in [1.807, 2.05) is 0 Å². The van der Waals surface area contributed by atoms with Crippen molar-refractivity contribution in [1.82, 2.24) is 9.62 Å². The fourth-order valence-corrected chi connectivity index (χ4v) is 3.80. The van der Waals surface area contributed by atoms with Gasteiger partial charge in [0.1, 0.15) is 0 Å². The van der Waals surface area contributed by atoms with Crippen LogP contribution in [0.4, 0.5) is 0 Å². The van der Waals surface area contributed by atoms with Gasteiger partial charge in [-0.3, -0.25) is 4.79 Å². The van der Waals surface area contributed by atoms with Crippen LogP contribution in [-0.2, 0) is 19.6 Å². The number of nitrogens with zero attached hydrogens (tertiary/aromatic N) is 1. The predicted molar refractivity (Wildman–Crippen MR) is 73.8 cm³/mol. The Morgan fingerprint density at radius 1 is 1.52 bits per heavy atom. The zero-order chi connectivity index (χ0) is 15.6. The number of carboxylic acids is 1. The zero-order valence-corrected chi connectivity index (χ0v) is 12.7. The van der Waals surface area contributed by atoms with E-state index in [0.717, 1.165) is 11.3 Å². The molecule has 21 heavy (non-hydrogen) atoms. The number of hydrogen-bond donors (Lipinski definition) is 2. The van der Waals surface area contributed by atoms with E-state index in [2.05, 4.69) is 4.72 Å². The van der Waals surface area contributed by atoms with Crippen LogP contribution >= 0.6 is 11.3 Å². The molecule has 1 aromatic heterocycles. The molecule has 1 aliphatic rings. The van der Waals surface area contributed by atoms with Gasteiger partial charge in [-0.15, -0.1) is 11.3 Å². The number of hydrogen-bond acceptors (Lipinski definition) is 6. The van der Waals surface area contributed by atoms with E-state index in [1.165, 1.54) is 23.4 Å². The molecule has 1 aliphatic heterocycles. The van der Waals surface area contributed by atoms with Gasteiger partial charge in [0.2, 0.25) is 10.0 Å². The van der Waals surface area contributed by atoms with Crippen LogP contribution in [-0.4, -0.2) is 63.1 Å². The van der Waals surface area contributed by atoms with Gasteiger partial charge in [-0.05, 0) is 13.1 Å². The van der Waals surface area contributed by atoms with Gasteiger partial charge in [0, 0.05) is 11.9 Å². The molecule has 1 aromatic rings. The fourth-order valence-electron chi connectivity index (χ4n) is 1.83. The molecule has 0 spiro atoms. The Morgan fingerprint density at radius 2 is 2.24 bits per heavy atom. The topological polar surface area (TPSA) is 113 Å². The molecule has 0 radical (unpaired) electrons. The smallest absolute Gasteiger partial charge is 0.334 e. The van der Waals surface area contributed by atoms with Crippen LogP contribution in [0.15, 0.2) is 16.3 Å². The number of nitrogens with one attached hydrogen (secondary N) is 1. The molecule has 2 heterocycles. The van der Waals surface area contributed by atoms with Crippen LogP contribution in [0.3, 0.4) is 0 Å². The number of sulfonamides is 1. The van der Waals surface area contributed by atoms with Gasteiger partial charge in [-0.2, -0.15) is 0 Å². The maximum absolute atomic E-state index is 12.3. The highest BCUT2D eigenvalue weighted by molar-refractivity contribution is 7.89. The summed E-state index contributed by atoms with van der Waals surface area (Å²) in [6.45, 7) is 0.352. The summed E-state index contributed by atoms with van der Waals surface area (Å²) in [7, 11) is -2.31. The summed E-state index contributed by atoms with van der Waals surface area (Å²) in [5.41, 5.74) is 0. The first-order valence-corrected chi connectivity index (χ1v) is 8.37. The number of aliphatic carboxylic acids is 1. The molecule has 1 saturated heterocycles. The van der Waals surface area contributed by atoms with Gasteiger partial charge >= 0.3 is 5.97 Å². The Balaban J connectivity index is 2.15. The molecule has 116 valence electrons. The minimum Gasteiger partial charge on any atom is -0.479 e. The van der Waals surface area contributed by atoms with Crippen LogP contribution in [0.25, 0.3) is 0 Å². The Bertz CT molecular complexity index is 653. The first-order chi connectivity index (χ1) is 9.85. The summed E-state index contributed by atoms with van der Waals surface area (Å²) in [4.78, 5) is 24.8. The molecule has 0 aliphatic carbocycles. The maximum atomic E-state index is 12.3. The third-order valence-corrected chi connectivity index (χ3v) is 5.46. The third kappa shape index (κ3) is 3.40. The molecule has 2 rings (SSSR count). The lowest BCUT2D eigenvalue weighted by molar-refractivity contribution is -0.154. The summed E-state index contributed by atoms with van der Waals surface area (Å²) < 4.78 is 30.5. The largest absolute Gasteiger partial charge is 0.479 e. The van der Waals surface area contributed by atoms with E-state index in [-0.39, 0.29) is 29.5 Å². The van der Waals surface area contributed by atoms with E-state index < -0.39 is 28.0 Å². The normalized spacial score (nSPS) is 19.5. The molecule has 10 heteroatoms. The molecule has 8 nitrogen and oxygen atoms in total. The van der Waals surface area contributed by atoms with Crippen molar-refractivity contribution in [3.8, 4) is 0 Å². The highest BCUT2D eigenvalue weighted by Crippen LogP contribution is 2.21. The lowest BCUT2D eigenvalue weighted by Gasteiger charge is -2.30. The number of ether oxygens (including phenoxy) is 1. The molecule has 1 amide bonds. The van der Waals surface area contributed by atoms with E-state index >= 15 is 0 Å². The number of morpholine rings is 1. The minimum absolute atomic E-state index is 0.0152. The van der Waals surface area contributed by atoms with E-state index in [4.69, 9.17) is 9.84 Å². The first-order valence-electron chi connectivity index (χ1n) is 6.01. The molecule has 2 N–H and O–H groups in total. The van der Waals surface area contributed by atoms with E-state index in [9.17, 15) is 18.0 Å². The summed E-state index contributed by atoms with van der Waals surface area (Å²) in [6, 6.07) is 1.28. The number of rotatable bonds is 4. The van der Waals surface area contributed by atoms with Crippen LogP contribution < -0.4 is 4.72 Å². The fraction of sp³-hybridized carbons (Fsp3) is 0.455. The molecule has 1 fully saturated rings. The second-order valence-corrected chi connectivity index (χ2v) is 7.10. The average molecular weight is 334 g/mol. The summed E-state index contributed by atoms with van der Waals surface area (Å²) >= 11 is 1.00. The van der Waals surface area contributed by atoms with Gasteiger partial charge in [0.15, 0.2) is 6.10 Å². The molecule has 0 saturated carbocycles. The number of thiophene rings is 1. The van der Waals surface area contributed by atoms with Crippen molar-refractivity contribution in [3.05, 3.63) is 16.3 Å². The van der Waals surface area contributed by atoms with Crippen molar-refractivity contribution in [2.24, 2.45) is 0 Å². The Kier molecular flexibility index (Phi) is 4.61. The summed E-state index contributed by atoms with van der Waals surface area (Å²) in [5, 5.41) is 10.3. The zero-order valence-electron chi connectivity index (χ0n) is 11.1. The number of amides is 1. The standard InChI is InChI=1S/C11H14N2O6S2/c1-12-21(17,18)7-4-9(20-6-7)10(14)13-2-3-19-8(5-13)11(15)16/h4,6,8,12H,2-3,5H2,1H3,(H,15,16)/t8-/m0/s1. The highest BCUT2D eigenvalue weighted by Gasteiger charge is 2.30. The highest BCUT2D eigenvalue weighted by atomic mass is 32.2. The van der Waals surface area contributed by atoms with Crippen molar-refractivity contribution in [1.29, 1.82) is 0 Å². The van der Waals surface area contributed by atoms with E-state index in [0.29, 0.717) is 0 Å². The molecule has 1 atom stereocenters. The predicted octanol–water partition coefficient (Wildman–Crippen LogP) is -0.418. The summed E-state index contributed by atoms with van der Waals surface area (Å²) in [6.07, 6.45) is -1.05. The molecule has 0 aromatic carbocycles. The first kappa shape index (κ1) is 15.9. The van der Waals surface area contributed by atoms with Crippen molar-refractivity contribution in [3.63, 3.8) is 0 Å². The van der Waals surface area contributed by atoms with E-state index in [1.54, 1.807) is 0 Å². The van der Waals surface area contributed by atoms with Crippen LogP contribution in [0.2, 0.25) is 0 Å². The van der Waals surface area contributed by atoms with Gasteiger partial charge in [-0.1, -0.05) is 0 Å². The molecule has 0 bridgehead atoms. The third-order valence-electron chi connectivity index (χ3n) is 2.99. The molecular weight excluding hydrogens is 320 g/mol. The maximum Gasteiger partial charge on any atom is 0.334 e. The lowest BCUT2D eigenvalue weighted by atomic mass is 10.2. The van der Waals surface area contributed by atoms with Crippen molar-refractivity contribution >= 4 is 33.2 Å². The van der Waals surface area contributed by atoms with Crippen molar-refractivity contribution in [2.45, 2.75) is 11.0 Å². The Morgan fingerprint density at radius 3 is 2.86 bits per heavy atom. The Hall–Kier alpha value is -1.49. The Labute approximate surface area is 125 Å². The number of carbonyl (C=O) groups is 2. The van der Waals surface area contributed by atoms with Gasteiger partial charge in [0.05, 0.1) is 22.9 Å². The number of carboxylic acid groups (broad SMARTS) is 1. The second-order valence-electron chi connectivity index (χ2n) is 4.30. The molecular formula is C11H14N2O6S2. The SMILES string of the molecule is CNS(=O)(=O)c1csc(C(=O)N2CCO[C@H](C(=O)O)C2)c1. The van der Waals surface area contributed by atoms with Gasteiger partial charge in [0.25, 0.3) is 5.91 Å². The quantitative estimate of drug-likeness (QED) is 0.773. The van der Waals surface area contributed by atoms with Crippen molar-refractivity contribution in [2.75, 3.05) is 26.7 Å². The second kappa shape index (κ2) is 6.10. The average Bonchev–Trinajstić information content (AvgIpc) is 2.97. The number of carbonyl (C=O) groups excluding carboxylic acids is 1. The van der Waals surface area contributed by atoms with Crippen molar-refractivity contribution < 1.29 is 27.9 Å². The lowest BCUT2D eigenvalue weighted by Crippen LogP contribution is -2.48. The van der Waals surface area contributed by atoms with Crippen LogP contribution in [0.5, 0.6) is 0 Å². The van der Waals surface area contributed by atoms with Gasteiger partial charge < -0.3 is 14.7 Å². The molecule has 0 unspecified atom stereocenters.